The highest BCUT2D eigenvalue weighted by molar-refractivity contribution is 7.89. The van der Waals surface area contributed by atoms with E-state index < -0.39 is 44.9 Å². The molecule has 11 heteroatoms. The number of hydrazine groups is 1. The maximum atomic E-state index is 13.4. The summed E-state index contributed by atoms with van der Waals surface area (Å²) in [7, 11) is -3.93. The number of carbonyl (C=O) groups excluding carboxylic acids is 1. The van der Waals surface area contributed by atoms with E-state index in [2.05, 4.69) is 10.1 Å². The van der Waals surface area contributed by atoms with Crippen LogP contribution in [0.15, 0.2) is 41.3 Å². The zero-order chi connectivity index (χ0) is 19.3. The minimum Gasteiger partial charge on any atom is -0.296 e. The van der Waals surface area contributed by atoms with E-state index in [1.165, 1.54) is 0 Å². The summed E-state index contributed by atoms with van der Waals surface area (Å²) in [6.45, 7) is -0.298. The summed E-state index contributed by atoms with van der Waals surface area (Å²) in [6, 6.07) is 5.62. The topological polar surface area (TPSA) is 87.3 Å². The molecule has 0 aromatic heterocycles. The number of rotatable bonds is 7. The number of nitrogens with one attached hydrogen (secondary N) is 3. The van der Waals surface area contributed by atoms with Crippen LogP contribution in [0.4, 0.5) is 23.2 Å². The monoisotopic (exact) mass is 391 g/mol. The van der Waals surface area contributed by atoms with Crippen molar-refractivity contribution in [2.45, 2.75) is 11.3 Å². The molecule has 2 aromatic carbocycles. The Morgan fingerprint density at radius 3 is 2.23 bits per heavy atom. The van der Waals surface area contributed by atoms with Gasteiger partial charge in [0.1, 0.15) is 5.82 Å². The van der Waals surface area contributed by atoms with Crippen LogP contribution in [0.2, 0.25) is 0 Å². The van der Waals surface area contributed by atoms with Gasteiger partial charge in [-0.3, -0.25) is 15.6 Å². The molecule has 0 radical (unpaired) electrons. The molecule has 0 saturated heterocycles. The molecule has 0 aliphatic heterocycles. The molecular weight excluding hydrogens is 378 g/mol. The lowest BCUT2D eigenvalue weighted by molar-refractivity contribution is -0.120. The molecule has 0 unspecified atom stereocenters. The first-order valence-corrected chi connectivity index (χ1v) is 8.62. The first-order chi connectivity index (χ1) is 12.2. The van der Waals surface area contributed by atoms with E-state index in [1.54, 1.807) is 0 Å². The molecule has 2 aromatic rings. The number of anilines is 1. The van der Waals surface area contributed by atoms with Crippen molar-refractivity contribution >= 4 is 21.6 Å². The molecule has 1 amide bonds. The van der Waals surface area contributed by atoms with Crippen molar-refractivity contribution in [3.05, 3.63) is 59.7 Å². The van der Waals surface area contributed by atoms with E-state index in [0.717, 1.165) is 30.3 Å². The highest BCUT2D eigenvalue weighted by atomic mass is 32.2. The zero-order valence-electron chi connectivity index (χ0n) is 13.0. The molecule has 6 nitrogen and oxygen atoms in total. The number of sulfonamides is 1. The Hall–Kier alpha value is -2.66. The Balaban J connectivity index is 1.84. The molecule has 26 heavy (non-hydrogen) atoms. The fraction of sp³-hybridized carbons (Fsp3) is 0.133. The summed E-state index contributed by atoms with van der Waals surface area (Å²) in [4.78, 5) is 11.4. The van der Waals surface area contributed by atoms with Gasteiger partial charge in [0.05, 0.1) is 10.6 Å². The van der Waals surface area contributed by atoms with Gasteiger partial charge in [-0.2, -0.15) is 0 Å². The van der Waals surface area contributed by atoms with E-state index in [1.807, 2.05) is 5.43 Å². The van der Waals surface area contributed by atoms with Gasteiger partial charge in [0.15, 0.2) is 17.5 Å². The first-order valence-electron chi connectivity index (χ1n) is 7.14. The fourth-order valence-corrected chi connectivity index (χ4v) is 2.85. The van der Waals surface area contributed by atoms with Gasteiger partial charge in [0.2, 0.25) is 15.9 Å². The number of hydrogen-bond donors (Lipinski definition) is 3. The molecule has 0 fully saturated rings. The van der Waals surface area contributed by atoms with E-state index in [-0.39, 0.29) is 17.9 Å². The van der Waals surface area contributed by atoms with Crippen molar-refractivity contribution in [1.29, 1.82) is 0 Å². The number of hydrogen-bond acceptors (Lipinski definition) is 4. The lowest BCUT2D eigenvalue weighted by atomic mass is 10.3. The molecule has 0 atom stereocenters. The average Bonchev–Trinajstić information content (AvgIpc) is 2.59. The van der Waals surface area contributed by atoms with Gasteiger partial charge in [-0.25, -0.2) is 30.7 Å². The lowest BCUT2D eigenvalue weighted by Gasteiger charge is -2.10. The predicted molar refractivity (Wildman–Crippen MR) is 84.3 cm³/mol. The molecule has 0 aliphatic carbocycles. The Morgan fingerprint density at radius 2 is 1.58 bits per heavy atom. The minimum absolute atomic E-state index is 0.179. The summed E-state index contributed by atoms with van der Waals surface area (Å²) in [5.41, 5.74) is 3.59. The van der Waals surface area contributed by atoms with E-state index >= 15 is 0 Å². The standard InChI is InChI=1S/C15H13F4N3O3S/c16-9-1-3-10(4-2-9)26(24,25)20-8-7-13(23)22-21-12-6-5-11(17)14(18)15(12)19/h1-6,20-21H,7-8H2,(H,22,23). The molecular formula is C15H13F4N3O3S. The smallest absolute Gasteiger partial charge is 0.240 e. The van der Waals surface area contributed by atoms with Gasteiger partial charge in [-0.15, -0.1) is 0 Å². The van der Waals surface area contributed by atoms with Crippen LogP contribution < -0.4 is 15.6 Å². The van der Waals surface area contributed by atoms with Gasteiger partial charge >= 0.3 is 0 Å². The van der Waals surface area contributed by atoms with Crippen LogP contribution in [0.5, 0.6) is 0 Å². The molecule has 0 saturated carbocycles. The molecule has 0 aliphatic rings. The Bertz CT molecular complexity index is 905. The van der Waals surface area contributed by atoms with E-state index in [4.69, 9.17) is 0 Å². The van der Waals surface area contributed by atoms with Crippen LogP contribution in [0.3, 0.4) is 0 Å². The van der Waals surface area contributed by atoms with Gasteiger partial charge in [0.25, 0.3) is 0 Å². The second-order valence-corrected chi connectivity index (χ2v) is 6.76. The second kappa shape index (κ2) is 8.15. The molecule has 2 rings (SSSR count). The lowest BCUT2D eigenvalue weighted by Crippen LogP contribution is -2.34. The highest BCUT2D eigenvalue weighted by Gasteiger charge is 2.15. The Morgan fingerprint density at radius 1 is 0.923 bits per heavy atom. The minimum atomic E-state index is -3.93. The van der Waals surface area contributed by atoms with Crippen molar-refractivity contribution in [2.24, 2.45) is 0 Å². The van der Waals surface area contributed by atoms with Crippen LogP contribution in [0.1, 0.15) is 6.42 Å². The van der Waals surface area contributed by atoms with Gasteiger partial charge < -0.3 is 0 Å². The molecule has 140 valence electrons. The van der Waals surface area contributed by atoms with Gasteiger partial charge in [-0.05, 0) is 36.4 Å². The van der Waals surface area contributed by atoms with Crippen molar-refractivity contribution < 1.29 is 30.8 Å². The van der Waals surface area contributed by atoms with Crippen molar-refractivity contribution in [2.75, 3.05) is 12.0 Å². The van der Waals surface area contributed by atoms with Crippen LogP contribution in [-0.2, 0) is 14.8 Å². The summed E-state index contributed by atoms with van der Waals surface area (Å²) in [5, 5.41) is 0. The third-order valence-electron chi connectivity index (χ3n) is 3.14. The summed E-state index contributed by atoms with van der Waals surface area (Å²) < 4.78 is 77.9. The summed E-state index contributed by atoms with van der Waals surface area (Å²) >= 11 is 0. The van der Waals surface area contributed by atoms with Crippen LogP contribution >= 0.6 is 0 Å². The molecule has 3 N–H and O–H groups in total. The SMILES string of the molecule is O=C(CCNS(=O)(=O)c1ccc(F)cc1)NNc1ccc(F)c(F)c1F. The highest BCUT2D eigenvalue weighted by Crippen LogP contribution is 2.18. The third kappa shape index (κ3) is 4.92. The van der Waals surface area contributed by atoms with Crippen LogP contribution in [-0.4, -0.2) is 20.9 Å². The maximum absolute atomic E-state index is 13.4. The average molecular weight is 391 g/mol. The van der Waals surface area contributed by atoms with Crippen molar-refractivity contribution in [1.82, 2.24) is 10.1 Å². The maximum Gasteiger partial charge on any atom is 0.240 e. The predicted octanol–water partition coefficient (Wildman–Crippen LogP) is 2.05. The number of halogens is 4. The van der Waals surface area contributed by atoms with Crippen LogP contribution in [0, 0.1) is 23.3 Å². The third-order valence-corrected chi connectivity index (χ3v) is 4.62. The Labute approximate surface area is 146 Å². The number of carbonyl (C=O) groups is 1. The van der Waals surface area contributed by atoms with Crippen LogP contribution in [0.25, 0.3) is 0 Å². The van der Waals surface area contributed by atoms with Crippen molar-refractivity contribution in [3.63, 3.8) is 0 Å². The zero-order valence-corrected chi connectivity index (χ0v) is 13.8. The normalized spacial score (nSPS) is 11.2. The first kappa shape index (κ1) is 19.7. The fourth-order valence-electron chi connectivity index (χ4n) is 1.82. The largest absolute Gasteiger partial charge is 0.296 e. The van der Waals surface area contributed by atoms with E-state index in [0.29, 0.717) is 6.07 Å². The van der Waals surface area contributed by atoms with E-state index in [9.17, 15) is 30.8 Å². The molecule has 0 heterocycles. The quantitative estimate of drug-likeness (QED) is 0.383. The number of benzene rings is 2. The second-order valence-electron chi connectivity index (χ2n) is 5.00. The number of amides is 1. The molecule has 0 spiro atoms. The molecule has 0 bridgehead atoms. The van der Waals surface area contributed by atoms with Gasteiger partial charge in [0, 0.05) is 13.0 Å². The van der Waals surface area contributed by atoms with Crippen molar-refractivity contribution in [3.8, 4) is 0 Å². The summed E-state index contributed by atoms with van der Waals surface area (Å²) in [6.07, 6.45) is -0.335. The summed E-state index contributed by atoms with van der Waals surface area (Å²) in [5.74, 6) is -5.93. The Kier molecular flexibility index (Phi) is 6.16. The van der Waals surface area contributed by atoms with Gasteiger partial charge in [-0.1, -0.05) is 0 Å².